The van der Waals surface area contributed by atoms with E-state index in [0.29, 0.717) is 27.2 Å². The highest BCUT2D eigenvalue weighted by atomic mass is 32.1. The molecule has 0 aliphatic carbocycles. The van der Waals surface area contributed by atoms with Gasteiger partial charge < -0.3 is 4.74 Å². The first-order chi connectivity index (χ1) is 13.2. The Hall–Kier alpha value is -2.80. The summed E-state index contributed by atoms with van der Waals surface area (Å²) < 4.78 is 6.86. The molecule has 3 aromatic rings. The van der Waals surface area contributed by atoms with Crippen LogP contribution in [-0.4, -0.2) is 39.8 Å². The first kappa shape index (κ1) is 19.9. The van der Waals surface area contributed by atoms with E-state index in [4.69, 9.17) is 4.74 Å². The standard InChI is InChI=1S/C21H23N3O3S/c1-6-15(22-5)16-12-28-19(23-16)18(25)14-11-24(20(26)27-21(2,3)4)17-10-8-7-9-13(14)17/h7-12H,6H2,1-5H3/b22-15-. The molecule has 0 saturated carbocycles. The fourth-order valence-corrected chi connectivity index (χ4v) is 3.68. The van der Waals surface area contributed by atoms with Gasteiger partial charge in [0, 0.05) is 24.0 Å². The fourth-order valence-electron chi connectivity index (χ4n) is 2.90. The number of nitrogens with zero attached hydrogens (tertiary/aromatic N) is 3. The number of carbonyl (C=O) groups is 2. The highest BCUT2D eigenvalue weighted by Gasteiger charge is 2.24. The number of para-hydroxylation sites is 1. The van der Waals surface area contributed by atoms with Crippen LogP contribution in [0.3, 0.4) is 0 Å². The number of benzene rings is 1. The third-order valence-electron chi connectivity index (χ3n) is 4.15. The summed E-state index contributed by atoms with van der Waals surface area (Å²) in [6, 6.07) is 7.28. The molecule has 0 N–H and O–H groups in total. The Labute approximate surface area is 167 Å². The van der Waals surface area contributed by atoms with Gasteiger partial charge in [0.25, 0.3) is 0 Å². The highest BCUT2D eigenvalue weighted by molar-refractivity contribution is 7.12. The number of ether oxygens (including phenoxy) is 1. The molecule has 0 aliphatic rings. The van der Waals surface area contributed by atoms with Crippen LogP contribution in [0.15, 0.2) is 40.8 Å². The van der Waals surface area contributed by atoms with Crippen LogP contribution in [0.25, 0.3) is 10.9 Å². The van der Waals surface area contributed by atoms with Gasteiger partial charge in [-0.15, -0.1) is 11.3 Å². The third-order valence-corrected chi connectivity index (χ3v) is 4.99. The van der Waals surface area contributed by atoms with Crippen molar-refractivity contribution in [2.24, 2.45) is 4.99 Å². The van der Waals surface area contributed by atoms with Gasteiger partial charge in [-0.1, -0.05) is 25.1 Å². The van der Waals surface area contributed by atoms with E-state index in [1.165, 1.54) is 22.1 Å². The molecule has 0 saturated heterocycles. The van der Waals surface area contributed by atoms with Crippen molar-refractivity contribution in [3.05, 3.63) is 52.1 Å². The lowest BCUT2D eigenvalue weighted by Gasteiger charge is -2.19. The highest BCUT2D eigenvalue weighted by Crippen LogP contribution is 2.26. The minimum atomic E-state index is -0.632. The van der Waals surface area contributed by atoms with E-state index in [1.54, 1.807) is 33.9 Å². The van der Waals surface area contributed by atoms with Gasteiger partial charge in [-0.2, -0.15) is 0 Å². The largest absolute Gasteiger partial charge is 0.443 e. The van der Waals surface area contributed by atoms with Crippen LogP contribution in [0.2, 0.25) is 0 Å². The second-order valence-electron chi connectivity index (χ2n) is 7.30. The quantitative estimate of drug-likeness (QED) is 0.462. The molecular formula is C21H23N3O3S. The Morgan fingerprint density at radius 3 is 2.61 bits per heavy atom. The molecule has 3 rings (SSSR count). The number of fused-ring (bicyclic) bond motifs is 1. The Balaban J connectivity index is 2.04. The van der Waals surface area contributed by atoms with E-state index >= 15 is 0 Å². The monoisotopic (exact) mass is 397 g/mol. The molecule has 2 heterocycles. The Morgan fingerprint density at radius 1 is 1.25 bits per heavy atom. The zero-order chi connectivity index (χ0) is 20.5. The molecule has 0 radical (unpaired) electrons. The van der Waals surface area contributed by atoms with Crippen LogP contribution in [0.4, 0.5) is 4.79 Å². The van der Waals surface area contributed by atoms with Crippen molar-refractivity contribution in [3.8, 4) is 0 Å². The van der Waals surface area contributed by atoms with Crippen LogP contribution in [0.5, 0.6) is 0 Å². The van der Waals surface area contributed by atoms with Crippen molar-refractivity contribution in [3.63, 3.8) is 0 Å². The Morgan fingerprint density at radius 2 is 1.96 bits per heavy atom. The first-order valence-corrected chi connectivity index (χ1v) is 9.92. The molecule has 2 aromatic heterocycles. The minimum absolute atomic E-state index is 0.221. The lowest BCUT2D eigenvalue weighted by molar-refractivity contribution is 0.0544. The van der Waals surface area contributed by atoms with Crippen LogP contribution in [-0.2, 0) is 4.74 Å². The molecule has 1 aromatic carbocycles. The van der Waals surface area contributed by atoms with Gasteiger partial charge in [0.15, 0.2) is 5.01 Å². The summed E-state index contributed by atoms with van der Waals surface area (Å²) >= 11 is 1.28. The van der Waals surface area contributed by atoms with E-state index < -0.39 is 11.7 Å². The number of rotatable bonds is 4. The van der Waals surface area contributed by atoms with E-state index in [1.807, 2.05) is 30.5 Å². The van der Waals surface area contributed by atoms with Gasteiger partial charge in [-0.25, -0.2) is 9.78 Å². The van der Waals surface area contributed by atoms with Gasteiger partial charge in [-0.3, -0.25) is 14.4 Å². The number of aromatic nitrogens is 2. The number of hydrogen-bond donors (Lipinski definition) is 0. The molecule has 7 heteroatoms. The summed E-state index contributed by atoms with van der Waals surface area (Å²) in [5, 5.41) is 2.90. The van der Waals surface area contributed by atoms with E-state index in [9.17, 15) is 9.59 Å². The number of carbonyl (C=O) groups excluding carboxylic acids is 2. The Bertz CT molecular complexity index is 1070. The maximum absolute atomic E-state index is 13.1. The zero-order valence-electron chi connectivity index (χ0n) is 16.6. The molecule has 28 heavy (non-hydrogen) atoms. The average molecular weight is 398 g/mol. The summed E-state index contributed by atoms with van der Waals surface area (Å²) in [5.41, 5.74) is 1.99. The van der Waals surface area contributed by atoms with Gasteiger partial charge in [0.1, 0.15) is 5.60 Å². The van der Waals surface area contributed by atoms with Crippen LogP contribution < -0.4 is 0 Å². The maximum Gasteiger partial charge on any atom is 0.419 e. The first-order valence-electron chi connectivity index (χ1n) is 9.05. The zero-order valence-corrected chi connectivity index (χ0v) is 17.5. The van der Waals surface area contributed by atoms with Crippen molar-refractivity contribution in [2.75, 3.05) is 7.05 Å². The topological polar surface area (TPSA) is 73.5 Å². The maximum atomic E-state index is 13.1. The third kappa shape index (κ3) is 3.89. The summed E-state index contributed by atoms with van der Waals surface area (Å²) in [4.78, 5) is 34.4. The van der Waals surface area contributed by atoms with Crippen molar-refractivity contribution in [1.82, 2.24) is 9.55 Å². The van der Waals surface area contributed by atoms with Crippen LogP contribution in [0.1, 0.15) is 55.2 Å². The fraction of sp³-hybridized carbons (Fsp3) is 0.333. The molecular weight excluding hydrogens is 374 g/mol. The SMILES string of the molecule is CC/C(=N/C)c1csc(C(=O)c2cn(C(=O)OC(C)(C)C)c3ccccc23)n1. The lowest BCUT2D eigenvalue weighted by atomic mass is 10.1. The molecule has 0 spiro atoms. The number of ketones is 1. The van der Waals surface area contributed by atoms with E-state index in [2.05, 4.69) is 9.98 Å². The molecule has 146 valence electrons. The van der Waals surface area contributed by atoms with Gasteiger partial charge in [-0.05, 0) is 33.3 Å². The number of aliphatic imine (C=N–C) groups is 1. The normalized spacial score (nSPS) is 12.4. The molecule has 6 nitrogen and oxygen atoms in total. The second-order valence-corrected chi connectivity index (χ2v) is 8.16. The average Bonchev–Trinajstić information content (AvgIpc) is 3.26. The van der Waals surface area contributed by atoms with Gasteiger partial charge >= 0.3 is 6.09 Å². The van der Waals surface area contributed by atoms with E-state index in [-0.39, 0.29) is 5.78 Å². The summed E-state index contributed by atoms with van der Waals surface area (Å²) in [7, 11) is 1.72. The van der Waals surface area contributed by atoms with Gasteiger partial charge in [0.2, 0.25) is 5.78 Å². The Kier molecular flexibility index (Phi) is 5.47. The molecule has 0 bridgehead atoms. The molecule has 0 aliphatic heterocycles. The second kappa shape index (κ2) is 7.67. The number of thiazole rings is 1. The van der Waals surface area contributed by atoms with E-state index in [0.717, 1.165) is 12.1 Å². The molecule has 0 unspecified atom stereocenters. The minimum Gasteiger partial charge on any atom is -0.443 e. The van der Waals surface area contributed by atoms with Crippen molar-refractivity contribution < 1.29 is 14.3 Å². The predicted octanol–water partition coefficient (Wildman–Crippen LogP) is 4.94. The van der Waals surface area contributed by atoms with Crippen LogP contribution >= 0.6 is 11.3 Å². The molecule has 0 amide bonds. The van der Waals surface area contributed by atoms with Crippen molar-refractivity contribution >= 4 is 39.8 Å². The summed E-state index contributed by atoms with van der Waals surface area (Å²) in [5.74, 6) is -0.221. The van der Waals surface area contributed by atoms with Gasteiger partial charge in [0.05, 0.1) is 22.5 Å². The summed E-state index contributed by atoms with van der Waals surface area (Å²) in [6.45, 7) is 7.42. The van der Waals surface area contributed by atoms with Crippen molar-refractivity contribution in [2.45, 2.75) is 39.7 Å². The van der Waals surface area contributed by atoms with Crippen LogP contribution in [0, 0.1) is 0 Å². The van der Waals surface area contributed by atoms with Crippen molar-refractivity contribution in [1.29, 1.82) is 0 Å². The summed E-state index contributed by atoms with van der Waals surface area (Å²) in [6.07, 6.45) is 1.76. The smallest absolute Gasteiger partial charge is 0.419 e. The molecule has 0 fully saturated rings. The molecule has 0 atom stereocenters. The predicted molar refractivity (Wildman–Crippen MR) is 112 cm³/mol. The lowest BCUT2D eigenvalue weighted by Crippen LogP contribution is -2.26. The number of hydrogen-bond acceptors (Lipinski definition) is 6.